The zero-order valence-electron chi connectivity index (χ0n) is 13.0. The average molecular weight is 311 g/mol. The molecule has 0 aliphatic heterocycles. The first-order valence-electron chi connectivity index (χ1n) is 7.30. The van der Waals surface area contributed by atoms with Crippen LogP contribution in [-0.2, 0) is 13.5 Å². The van der Waals surface area contributed by atoms with Crippen molar-refractivity contribution in [3.63, 3.8) is 0 Å². The standard InChI is InChI=1S/C16H17N5O2/c1-10-14(15(22)17-8-7-13-18-9-19-20-13)11-5-3-4-6-12(11)21(2)16(10)23/h3-6,9H,7-8H2,1-2H3,(H,17,22)(H,18,19,20). The van der Waals surface area contributed by atoms with E-state index in [0.29, 0.717) is 29.9 Å². The maximum absolute atomic E-state index is 12.6. The Hall–Kier alpha value is -2.96. The molecule has 7 nitrogen and oxygen atoms in total. The van der Waals surface area contributed by atoms with Crippen LogP contribution in [0, 0.1) is 6.92 Å². The number of para-hydroxylation sites is 1. The first kappa shape index (κ1) is 15.0. The second kappa shape index (κ2) is 6.04. The van der Waals surface area contributed by atoms with Gasteiger partial charge in [0.25, 0.3) is 11.5 Å². The summed E-state index contributed by atoms with van der Waals surface area (Å²) in [5.41, 5.74) is 1.46. The Morgan fingerprint density at radius 3 is 2.87 bits per heavy atom. The minimum Gasteiger partial charge on any atom is -0.352 e. The molecule has 0 bridgehead atoms. The minimum absolute atomic E-state index is 0.163. The van der Waals surface area contributed by atoms with Gasteiger partial charge in [-0.3, -0.25) is 14.7 Å². The SMILES string of the molecule is Cc1c(C(=O)NCCc2ncn[nH]2)c2ccccc2n(C)c1=O. The van der Waals surface area contributed by atoms with E-state index in [9.17, 15) is 9.59 Å². The maximum Gasteiger partial charge on any atom is 0.254 e. The highest BCUT2D eigenvalue weighted by molar-refractivity contribution is 6.07. The molecule has 23 heavy (non-hydrogen) atoms. The van der Waals surface area contributed by atoms with Crippen molar-refractivity contribution >= 4 is 16.8 Å². The fourth-order valence-corrected chi connectivity index (χ4v) is 2.67. The number of nitrogens with zero attached hydrogens (tertiary/aromatic N) is 3. The molecular formula is C16H17N5O2. The number of aromatic amines is 1. The molecule has 7 heteroatoms. The Kier molecular flexibility index (Phi) is 3.92. The largest absolute Gasteiger partial charge is 0.352 e. The van der Waals surface area contributed by atoms with Crippen LogP contribution in [0.4, 0.5) is 0 Å². The molecule has 1 amide bonds. The van der Waals surface area contributed by atoms with Crippen LogP contribution in [-0.4, -0.2) is 32.2 Å². The van der Waals surface area contributed by atoms with Gasteiger partial charge in [-0.25, -0.2) is 4.98 Å². The first-order valence-corrected chi connectivity index (χ1v) is 7.30. The lowest BCUT2D eigenvalue weighted by Crippen LogP contribution is -2.31. The van der Waals surface area contributed by atoms with Crippen LogP contribution >= 0.6 is 0 Å². The van der Waals surface area contributed by atoms with Crippen molar-refractivity contribution in [1.29, 1.82) is 0 Å². The second-order valence-corrected chi connectivity index (χ2v) is 5.32. The van der Waals surface area contributed by atoms with Crippen LogP contribution in [0.25, 0.3) is 10.9 Å². The van der Waals surface area contributed by atoms with Gasteiger partial charge in [0.05, 0.1) is 11.1 Å². The molecule has 0 aliphatic carbocycles. The highest BCUT2D eigenvalue weighted by atomic mass is 16.2. The third kappa shape index (κ3) is 2.73. The van der Waals surface area contributed by atoms with Crippen molar-refractivity contribution in [2.45, 2.75) is 13.3 Å². The van der Waals surface area contributed by atoms with Crippen LogP contribution in [0.3, 0.4) is 0 Å². The number of carbonyl (C=O) groups excluding carboxylic acids is 1. The molecule has 2 heterocycles. The lowest BCUT2D eigenvalue weighted by atomic mass is 10.0. The number of rotatable bonds is 4. The first-order chi connectivity index (χ1) is 11.1. The van der Waals surface area contributed by atoms with Crippen LogP contribution < -0.4 is 10.9 Å². The Labute approximate surface area is 132 Å². The van der Waals surface area contributed by atoms with E-state index in [1.54, 1.807) is 18.5 Å². The van der Waals surface area contributed by atoms with Crippen molar-refractivity contribution in [2.24, 2.45) is 7.05 Å². The lowest BCUT2D eigenvalue weighted by molar-refractivity contribution is 0.0955. The Bertz CT molecular complexity index is 912. The predicted molar refractivity (Wildman–Crippen MR) is 86.3 cm³/mol. The van der Waals surface area contributed by atoms with Gasteiger partial charge >= 0.3 is 0 Å². The quantitative estimate of drug-likeness (QED) is 0.750. The van der Waals surface area contributed by atoms with Crippen LogP contribution in [0.1, 0.15) is 21.7 Å². The summed E-state index contributed by atoms with van der Waals surface area (Å²) in [6.45, 7) is 2.09. The third-order valence-corrected chi connectivity index (χ3v) is 3.87. The van der Waals surface area contributed by atoms with Crippen molar-refractivity contribution < 1.29 is 4.79 Å². The normalized spacial score (nSPS) is 10.9. The molecule has 0 aliphatic rings. The molecule has 3 rings (SSSR count). The summed E-state index contributed by atoms with van der Waals surface area (Å²) >= 11 is 0. The minimum atomic E-state index is -0.254. The number of aryl methyl sites for hydroxylation is 1. The maximum atomic E-state index is 12.6. The van der Waals surface area contributed by atoms with Crippen molar-refractivity contribution in [3.05, 3.63) is 57.9 Å². The number of amides is 1. The van der Waals surface area contributed by atoms with Gasteiger partial charge < -0.3 is 9.88 Å². The van der Waals surface area contributed by atoms with Crippen LogP contribution in [0.15, 0.2) is 35.4 Å². The molecule has 0 unspecified atom stereocenters. The van der Waals surface area contributed by atoms with Gasteiger partial charge in [0.1, 0.15) is 12.2 Å². The number of nitrogens with one attached hydrogen (secondary N) is 2. The number of hydrogen-bond donors (Lipinski definition) is 2. The number of aromatic nitrogens is 4. The summed E-state index contributed by atoms with van der Waals surface area (Å²) in [7, 11) is 1.71. The van der Waals surface area contributed by atoms with E-state index < -0.39 is 0 Å². The van der Waals surface area contributed by atoms with Gasteiger partial charge in [0.15, 0.2) is 0 Å². The topological polar surface area (TPSA) is 92.7 Å². The van der Waals surface area contributed by atoms with E-state index in [4.69, 9.17) is 0 Å². The molecule has 1 aromatic carbocycles. The predicted octanol–water partition coefficient (Wildman–Crippen LogP) is 0.938. The molecule has 0 spiro atoms. The molecule has 2 N–H and O–H groups in total. The fraction of sp³-hybridized carbons (Fsp3) is 0.250. The number of hydrogen-bond acceptors (Lipinski definition) is 4. The van der Waals surface area contributed by atoms with E-state index in [1.807, 2.05) is 24.3 Å². The summed E-state index contributed by atoms with van der Waals surface area (Å²) in [4.78, 5) is 28.9. The summed E-state index contributed by atoms with van der Waals surface area (Å²) in [5, 5.41) is 10.1. The lowest BCUT2D eigenvalue weighted by Gasteiger charge is -2.13. The Balaban J connectivity index is 1.92. The molecule has 0 saturated carbocycles. The summed E-state index contributed by atoms with van der Waals surface area (Å²) < 4.78 is 1.57. The average Bonchev–Trinajstić information content (AvgIpc) is 3.06. The highest BCUT2D eigenvalue weighted by Gasteiger charge is 2.17. The number of pyridine rings is 1. The molecule has 3 aromatic rings. The van der Waals surface area contributed by atoms with Gasteiger partial charge in [-0.15, -0.1) is 0 Å². The monoisotopic (exact) mass is 311 g/mol. The van der Waals surface area contributed by atoms with Crippen molar-refractivity contribution in [1.82, 2.24) is 25.1 Å². The molecule has 2 aromatic heterocycles. The number of benzene rings is 1. The van der Waals surface area contributed by atoms with Crippen LogP contribution in [0.5, 0.6) is 0 Å². The van der Waals surface area contributed by atoms with E-state index in [-0.39, 0.29) is 11.5 Å². The smallest absolute Gasteiger partial charge is 0.254 e. The van der Waals surface area contributed by atoms with Gasteiger partial charge in [-0.1, -0.05) is 18.2 Å². The number of carbonyl (C=O) groups is 1. The van der Waals surface area contributed by atoms with E-state index in [2.05, 4.69) is 20.5 Å². The van der Waals surface area contributed by atoms with Gasteiger partial charge in [-0.05, 0) is 13.0 Å². The van der Waals surface area contributed by atoms with E-state index >= 15 is 0 Å². The van der Waals surface area contributed by atoms with E-state index in [0.717, 1.165) is 10.9 Å². The molecular weight excluding hydrogens is 294 g/mol. The second-order valence-electron chi connectivity index (χ2n) is 5.32. The van der Waals surface area contributed by atoms with Crippen LogP contribution in [0.2, 0.25) is 0 Å². The van der Waals surface area contributed by atoms with Crippen molar-refractivity contribution in [3.8, 4) is 0 Å². The summed E-state index contributed by atoms with van der Waals surface area (Å²) in [5.74, 6) is 0.451. The number of fused-ring (bicyclic) bond motifs is 1. The zero-order chi connectivity index (χ0) is 16.4. The molecule has 0 radical (unpaired) electrons. The zero-order valence-corrected chi connectivity index (χ0v) is 13.0. The Morgan fingerprint density at radius 1 is 1.35 bits per heavy atom. The molecule has 0 fully saturated rings. The third-order valence-electron chi connectivity index (χ3n) is 3.87. The van der Waals surface area contributed by atoms with Gasteiger partial charge in [-0.2, -0.15) is 5.10 Å². The Morgan fingerprint density at radius 2 is 2.13 bits per heavy atom. The van der Waals surface area contributed by atoms with Gasteiger partial charge in [0.2, 0.25) is 0 Å². The number of H-pyrrole nitrogens is 1. The fourth-order valence-electron chi connectivity index (χ4n) is 2.67. The molecule has 118 valence electrons. The molecule has 0 saturated heterocycles. The van der Waals surface area contributed by atoms with Gasteiger partial charge in [0, 0.05) is 31.0 Å². The highest BCUT2D eigenvalue weighted by Crippen LogP contribution is 2.19. The summed E-state index contributed by atoms with van der Waals surface area (Å²) in [6, 6.07) is 7.40. The molecule has 0 atom stereocenters. The van der Waals surface area contributed by atoms with Crippen molar-refractivity contribution in [2.75, 3.05) is 6.54 Å². The summed E-state index contributed by atoms with van der Waals surface area (Å²) in [6.07, 6.45) is 1.98. The van der Waals surface area contributed by atoms with E-state index in [1.165, 1.54) is 6.33 Å².